The fourth-order valence-corrected chi connectivity index (χ4v) is 1.76. The Morgan fingerprint density at radius 3 is 2.39 bits per heavy atom. The molecule has 2 N–H and O–H groups in total. The Balaban J connectivity index is 1.92. The van der Waals surface area contributed by atoms with E-state index in [1.54, 1.807) is 24.8 Å². The molecule has 0 amide bonds. The van der Waals surface area contributed by atoms with E-state index >= 15 is 0 Å². The molecule has 2 aromatic heterocycles. The molecule has 0 aliphatic heterocycles. The number of benzene rings is 1. The van der Waals surface area contributed by atoms with Crippen LogP contribution in [0.3, 0.4) is 0 Å². The van der Waals surface area contributed by atoms with Crippen LogP contribution in [0.15, 0.2) is 43.0 Å². The highest BCUT2D eigenvalue weighted by molar-refractivity contribution is 5.74. The van der Waals surface area contributed by atoms with Crippen molar-refractivity contribution in [1.82, 2.24) is 19.9 Å². The molecule has 5 nitrogen and oxygen atoms in total. The Kier molecular flexibility index (Phi) is 2.57. The van der Waals surface area contributed by atoms with Gasteiger partial charge in [-0.1, -0.05) is 6.07 Å². The lowest BCUT2D eigenvalue weighted by atomic mass is 10.1. The summed E-state index contributed by atoms with van der Waals surface area (Å²) in [6.45, 7) is 0. The van der Waals surface area contributed by atoms with Crippen molar-refractivity contribution in [3.63, 3.8) is 0 Å². The van der Waals surface area contributed by atoms with E-state index in [-0.39, 0.29) is 0 Å². The van der Waals surface area contributed by atoms with Gasteiger partial charge in [-0.3, -0.25) is 9.97 Å². The zero-order valence-corrected chi connectivity index (χ0v) is 9.61. The second kappa shape index (κ2) is 4.37. The van der Waals surface area contributed by atoms with Gasteiger partial charge >= 0.3 is 0 Å². The van der Waals surface area contributed by atoms with Crippen molar-refractivity contribution < 1.29 is 0 Å². The van der Waals surface area contributed by atoms with Crippen LogP contribution in [0.2, 0.25) is 0 Å². The Morgan fingerprint density at radius 2 is 1.61 bits per heavy atom. The van der Waals surface area contributed by atoms with Crippen molar-refractivity contribution in [2.24, 2.45) is 0 Å². The van der Waals surface area contributed by atoms with E-state index in [1.165, 1.54) is 0 Å². The van der Waals surface area contributed by atoms with E-state index in [1.807, 2.05) is 18.2 Å². The predicted octanol–water partition coefficient (Wildman–Crippen LogP) is 1.59. The normalized spacial score (nSPS) is 10.7. The second-order valence-electron chi connectivity index (χ2n) is 3.99. The molecule has 0 fully saturated rings. The summed E-state index contributed by atoms with van der Waals surface area (Å²) >= 11 is 0. The number of fused-ring (bicyclic) bond motifs is 1. The highest BCUT2D eigenvalue weighted by atomic mass is 14.9. The van der Waals surface area contributed by atoms with E-state index in [0.29, 0.717) is 12.1 Å². The van der Waals surface area contributed by atoms with Gasteiger partial charge in [0.15, 0.2) is 0 Å². The smallest absolute Gasteiger partial charge is 0.132 e. The van der Waals surface area contributed by atoms with Crippen molar-refractivity contribution >= 4 is 16.7 Å². The maximum atomic E-state index is 5.55. The molecule has 1 aromatic carbocycles. The average molecular weight is 237 g/mol. The van der Waals surface area contributed by atoms with Gasteiger partial charge in [-0.05, 0) is 17.7 Å². The number of nitrogen functional groups attached to an aromatic ring is 1. The van der Waals surface area contributed by atoms with Crippen LogP contribution in [0.4, 0.5) is 5.69 Å². The highest BCUT2D eigenvalue weighted by Gasteiger charge is 2.01. The lowest BCUT2D eigenvalue weighted by Gasteiger charge is -2.02. The summed E-state index contributed by atoms with van der Waals surface area (Å²) in [5, 5.41) is 0. The van der Waals surface area contributed by atoms with Gasteiger partial charge in [-0.15, -0.1) is 0 Å². The molecule has 3 rings (SSSR count). The first-order valence-corrected chi connectivity index (χ1v) is 5.57. The molecule has 5 heteroatoms. The van der Waals surface area contributed by atoms with Gasteiger partial charge in [-0.2, -0.15) is 0 Å². The van der Waals surface area contributed by atoms with Crippen LogP contribution in [0.25, 0.3) is 11.0 Å². The molecule has 0 spiro atoms. The summed E-state index contributed by atoms with van der Waals surface area (Å²) in [5.41, 5.74) is 9.00. The summed E-state index contributed by atoms with van der Waals surface area (Å²) in [6, 6.07) is 5.97. The Morgan fingerprint density at radius 1 is 0.889 bits per heavy atom. The molecule has 0 aliphatic rings. The van der Waals surface area contributed by atoms with E-state index in [2.05, 4.69) is 19.9 Å². The molecule has 2 heterocycles. The number of nitrogens with zero attached hydrogens (tertiary/aromatic N) is 4. The van der Waals surface area contributed by atoms with E-state index < -0.39 is 0 Å². The monoisotopic (exact) mass is 237 g/mol. The zero-order valence-electron chi connectivity index (χ0n) is 9.61. The van der Waals surface area contributed by atoms with Gasteiger partial charge in [0, 0.05) is 18.8 Å². The molecule has 0 aliphatic carbocycles. The van der Waals surface area contributed by atoms with Crippen molar-refractivity contribution in [2.45, 2.75) is 6.42 Å². The summed E-state index contributed by atoms with van der Waals surface area (Å²) in [6.07, 6.45) is 7.26. The lowest BCUT2D eigenvalue weighted by Crippen LogP contribution is -1.98. The molecular weight excluding hydrogens is 226 g/mol. The summed E-state index contributed by atoms with van der Waals surface area (Å²) in [7, 11) is 0. The van der Waals surface area contributed by atoms with Crippen LogP contribution in [0, 0.1) is 0 Å². The number of rotatable bonds is 2. The van der Waals surface area contributed by atoms with Crippen LogP contribution < -0.4 is 5.73 Å². The van der Waals surface area contributed by atoms with Gasteiger partial charge in [0.2, 0.25) is 0 Å². The predicted molar refractivity (Wildman–Crippen MR) is 68.8 cm³/mol. The number of hydrogen-bond donors (Lipinski definition) is 1. The molecule has 0 unspecified atom stereocenters. The second-order valence-corrected chi connectivity index (χ2v) is 3.99. The third-order valence-electron chi connectivity index (χ3n) is 2.62. The van der Waals surface area contributed by atoms with Crippen LogP contribution in [-0.4, -0.2) is 19.9 Å². The summed E-state index contributed by atoms with van der Waals surface area (Å²) < 4.78 is 0. The molecular formula is C13H11N5. The Labute approximate surface area is 104 Å². The topological polar surface area (TPSA) is 77.6 Å². The van der Waals surface area contributed by atoms with Crippen molar-refractivity contribution in [2.75, 3.05) is 5.73 Å². The molecule has 0 atom stereocenters. The van der Waals surface area contributed by atoms with Crippen molar-refractivity contribution in [1.29, 1.82) is 0 Å². The largest absolute Gasteiger partial charge is 0.396 e. The lowest BCUT2D eigenvalue weighted by molar-refractivity contribution is 0.971. The average Bonchev–Trinajstić information content (AvgIpc) is 2.41. The minimum absolute atomic E-state index is 0.572. The fraction of sp³-hybridized carbons (Fsp3) is 0.0769. The van der Waals surface area contributed by atoms with E-state index in [4.69, 9.17) is 5.73 Å². The third kappa shape index (κ3) is 2.10. The highest BCUT2D eigenvalue weighted by Crippen LogP contribution is 2.13. The third-order valence-corrected chi connectivity index (χ3v) is 2.62. The van der Waals surface area contributed by atoms with Crippen LogP contribution in [-0.2, 0) is 6.42 Å². The Hall–Kier alpha value is -2.56. The first-order valence-electron chi connectivity index (χ1n) is 5.57. The first-order chi connectivity index (χ1) is 8.81. The van der Waals surface area contributed by atoms with Crippen molar-refractivity contribution in [3.05, 3.63) is 54.4 Å². The maximum absolute atomic E-state index is 5.55. The maximum Gasteiger partial charge on any atom is 0.132 e. The van der Waals surface area contributed by atoms with Gasteiger partial charge in [0.05, 0.1) is 29.1 Å². The number of anilines is 1. The standard InChI is InChI=1S/C13H11N5/c14-10-7-17-13(18-8-10)6-9-1-2-11-12(5-9)16-4-3-15-11/h1-5,7-8H,6,14H2. The first kappa shape index (κ1) is 10.6. The van der Waals surface area contributed by atoms with Gasteiger partial charge in [0.1, 0.15) is 5.82 Å². The zero-order chi connectivity index (χ0) is 12.4. The van der Waals surface area contributed by atoms with Gasteiger partial charge in [-0.25, -0.2) is 9.97 Å². The number of nitrogens with two attached hydrogens (primary N) is 1. The quantitative estimate of drug-likeness (QED) is 0.732. The summed E-state index contributed by atoms with van der Waals surface area (Å²) in [4.78, 5) is 16.9. The van der Waals surface area contributed by atoms with Gasteiger partial charge < -0.3 is 5.73 Å². The molecule has 88 valence electrons. The molecule has 0 radical (unpaired) electrons. The van der Waals surface area contributed by atoms with E-state index in [9.17, 15) is 0 Å². The summed E-state index contributed by atoms with van der Waals surface area (Å²) in [5.74, 6) is 0.743. The molecule has 0 saturated carbocycles. The van der Waals surface area contributed by atoms with Crippen LogP contribution in [0.5, 0.6) is 0 Å². The molecule has 18 heavy (non-hydrogen) atoms. The molecule has 3 aromatic rings. The Bertz CT molecular complexity index is 678. The van der Waals surface area contributed by atoms with Crippen LogP contribution >= 0.6 is 0 Å². The molecule has 0 saturated heterocycles. The number of hydrogen-bond acceptors (Lipinski definition) is 5. The van der Waals surface area contributed by atoms with E-state index in [0.717, 1.165) is 22.4 Å². The van der Waals surface area contributed by atoms with Crippen molar-refractivity contribution in [3.8, 4) is 0 Å². The van der Waals surface area contributed by atoms with Gasteiger partial charge in [0.25, 0.3) is 0 Å². The fourth-order valence-electron chi connectivity index (χ4n) is 1.76. The molecule has 0 bridgehead atoms. The minimum Gasteiger partial charge on any atom is -0.396 e. The SMILES string of the molecule is Nc1cnc(Cc2ccc3nccnc3c2)nc1. The minimum atomic E-state index is 0.572. The van der Waals surface area contributed by atoms with Crippen LogP contribution in [0.1, 0.15) is 11.4 Å². The number of aromatic nitrogens is 4.